The van der Waals surface area contributed by atoms with E-state index in [4.69, 9.17) is 11.6 Å². The third kappa shape index (κ3) is 3.75. The van der Waals surface area contributed by atoms with Crippen LogP contribution >= 0.6 is 11.6 Å². The van der Waals surface area contributed by atoms with Gasteiger partial charge in [-0.1, -0.05) is 30.7 Å². The number of nitrogens with zero attached hydrogens (tertiary/aromatic N) is 1. The number of hydrogen-bond acceptors (Lipinski definition) is 2. The second-order valence-electron chi connectivity index (χ2n) is 4.30. The highest BCUT2D eigenvalue weighted by Crippen LogP contribution is 2.26. The van der Waals surface area contributed by atoms with Crippen LogP contribution in [0.5, 0.6) is 0 Å². The number of aromatic nitrogens is 1. The predicted octanol–water partition coefficient (Wildman–Crippen LogP) is 3.77. The van der Waals surface area contributed by atoms with Gasteiger partial charge in [-0.3, -0.25) is 4.98 Å². The number of nitrogens with one attached hydrogen (secondary N) is 1. The summed E-state index contributed by atoms with van der Waals surface area (Å²) in [6.07, 6.45) is 2.49. The van der Waals surface area contributed by atoms with Crippen molar-refractivity contribution in [1.82, 2.24) is 10.3 Å². The summed E-state index contributed by atoms with van der Waals surface area (Å²) >= 11 is 6.13. The van der Waals surface area contributed by atoms with E-state index in [-0.39, 0.29) is 11.9 Å². The van der Waals surface area contributed by atoms with Crippen molar-refractivity contribution in [2.45, 2.75) is 19.4 Å². The fraction of sp³-hybridized carbons (Fsp3) is 0.267. The molecule has 2 nitrogen and oxygen atoms in total. The highest BCUT2D eigenvalue weighted by Gasteiger charge is 2.15. The van der Waals surface area contributed by atoms with Crippen LogP contribution in [-0.2, 0) is 6.42 Å². The Morgan fingerprint density at radius 3 is 2.79 bits per heavy atom. The van der Waals surface area contributed by atoms with Crippen LogP contribution in [0.15, 0.2) is 42.6 Å². The molecule has 0 fully saturated rings. The Balaban J connectivity index is 2.24. The molecule has 0 radical (unpaired) electrons. The lowest BCUT2D eigenvalue weighted by atomic mass is 10.0. The Morgan fingerprint density at radius 2 is 2.16 bits per heavy atom. The van der Waals surface area contributed by atoms with Crippen LogP contribution in [0.1, 0.15) is 24.2 Å². The first-order valence-electron chi connectivity index (χ1n) is 6.29. The first-order valence-corrected chi connectivity index (χ1v) is 6.66. The molecule has 100 valence electrons. The van der Waals surface area contributed by atoms with Crippen LogP contribution in [0.25, 0.3) is 0 Å². The van der Waals surface area contributed by atoms with Gasteiger partial charge in [0.25, 0.3) is 0 Å². The summed E-state index contributed by atoms with van der Waals surface area (Å²) in [5.41, 5.74) is 1.88. The summed E-state index contributed by atoms with van der Waals surface area (Å²) in [4.78, 5) is 4.32. The van der Waals surface area contributed by atoms with E-state index in [0.29, 0.717) is 5.02 Å². The molecule has 0 saturated heterocycles. The molecule has 0 saturated carbocycles. The summed E-state index contributed by atoms with van der Waals surface area (Å²) in [5.74, 6) is -0.318. The van der Waals surface area contributed by atoms with Crippen molar-refractivity contribution < 1.29 is 4.39 Å². The Hall–Kier alpha value is -1.45. The van der Waals surface area contributed by atoms with Gasteiger partial charge in [0.15, 0.2) is 0 Å². The highest BCUT2D eigenvalue weighted by atomic mass is 35.5. The molecule has 2 aromatic rings. The smallest absolute Gasteiger partial charge is 0.124 e. The second kappa shape index (κ2) is 6.64. The number of likely N-dealkylation sites (N-methyl/N-ethyl adjacent to an activating group) is 1. The third-order valence-electron chi connectivity index (χ3n) is 2.93. The molecule has 0 bridgehead atoms. The predicted molar refractivity (Wildman–Crippen MR) is 75.8 cm³/mol. The number of benzene rings is 1. The van der Waals surface area contributed by atoms with Gasteiger partial charge in [0.05, 0.1) is 0 Å². The quantitative estimate of drug-likeness (QED) is 0.901. The fourth-order valence-electron chi connectivity index (χ4n) is 2.05. The van der Waals surface area contributed by atoms with Crippen molar-refractivity contribution in [1.29, 1.82) is 0 Å². The average Bonchev–Trinajstić information content (AvgIpc) is 2.39. The summed E-state index contributed by atoms with van der Waals surface area (Å²) in [5, 5.41) is 3.81. The van der Waals surface area contributed by atoms with Crippen LogP contribution in [0, 0.1) is 5.82 Å². The Kier molecular flexibility index (Phi) is 4.88. The molecule has 1 unspecified atom stereocenters. The number of pyridine rings is 1. The van der Waals surface area contributed by atoms with Gasteiger partial charge in [0.1, 0.15) is 5.82 Å². The lowest BCUT2D eigenvalue weighted by molar-refractivity contribution is 0.542. The van der Waals surface area contributed by atoms with Crippen molar-refractivity contribution in [3.63, 3.8) is 0 Å². The molecule has 0 aliphatic rings. The molecule has 0 amide bonds. The van der Waals surface area contributed by atoms with Gasteiger partial charge >= 0.3 is 0 Å². The SMILES string of the molecule is CCNC(Cc1ccccn1)c1ccc(F)cc1Cl. The van der Waals surface area contributed by atoms with Gasteiger partial charge in [-0.15, -0.1) is 0 Å². The van der Waals surface area contributed by atoms with Crippen molar-refractivity contribution in [3.8, 4) is 0 Å². The van der Waals surface area contributed by atoms with E-state index in [1.807, 2.05) is 25.1 Å². The van der Waals surface area contributed by atoms with E-state index in [2.05, 4.69) is 10.3 Å². The zero-order chi connectivity index (χ0) is 13.7. The Labute approximate surface area is 117 Å². The molecule has 2 rings (SSSR count). The van der Waals surface area contributed by atoms with Crippen LogP contribution in [0.3, 0.4) is 0 Å². The molecule has 1 heterocycles. The van der Waals surface area contributed by atoms with Crippen LogP contribution in [-0.4, -0.2) is 11.5 Å². The lowest BCUT2D eigenvalue weighted by Crippen LogP contribution is -2.23. The standard InChI is InChI=1S/C15H16ClFN2/c1-2-18-15(10-12-5-3-4-8-19-12)13-7-6-11(17)9-14(13)16/h3-9,15,18H,2,10H2,1H3. The highest BCUT2D eigenvalue weighted by molar-refractivity contribution is 6.31. The molecular weight excluding hydrogens is 263 g/mol. The first-order chi connectivity index (χ1) is 9.20. The maximum Gasteiger partial charge on any atom is 0.124 e. The van der Waals surface area contributed by atoms with Gasteiger partial charge < -0.3 is 5.32 Å². The normalized spacial score (nSPS) is 12.4. The molecule has 1 aromatic heterocycles. The summed E-state index contributed by atoms with van der Waals surface area (Å²) in [6.45, 7) is 2.84. The van der Waals surface area contributed by atoms with Gasteiger partial charge in [0.2, 0.25) is 0 Å². The monoisotopic (exact) mass is 278 g/mol. The molecular formula is C15H16ClFN2. The van der Waals surface area contributed by atoms with E-state index in [0.717, 1.165) is 24.2 Å². The lowest BCUT2D eigenvalue weighted by Gasteiger charge is -2.19. The van der Waals surface area contributed by atoms with Crippen LogP contribution in [0.4, 0.5) is 4.39 Å². The number of halogens is 2. The van der Waals surface area contributed by atoms with E-state index < -0.39 is 0 Å². The first kappa shape index (κ1) is 14.0. The van der Waals surface area contributed by atoms with Gasteiger partial charge in [0, 0.05) is 29.4 Å². The minimum Gasteiger partial charge on any atom is -0.310 e. The largest absolute Gasteiger partial charge is 0.310 e. The zero-order valence-electron chi connectivity index (χ0n) is 10.7. The van der Waals surface area contributed by atoms with Crippen molar-refractivity contribution in [2.24, 2.45) is 0 Å². The van der Waals surface area contributed by atoms with E-state index in [1.54, 1.807) is 12.3 Å². The number of hydrogen-bond donors (Lipinski definition) is 1. The third-order valence-corrected chi connectivity index (χ3v) is 3.26. The molecule has 4 heteroatoms. The molecule has 0 spiro atoms. The fourth-order valence-corrected chi connectivity index (χ4v) is 2.35. The molecule has 1 atom stereocenters. The van der Waals surface area contributed by atoms with Gasteiger partial charge in [-0.2, -0.15) is 0 Å². The maximum absolute atomic E-state index is 13.1. The minimum atomic E-state index is -0.318. The second-order valence-corrected chi connectivity index (χ2v) is 4.71. The molecule has 1 N–H and O–H groups in total. The molecule has 1 aromatic carbocycles. The summed E-state index contributed by atoms with van der Waals surface area (Å²) in [7, 11) is 0. The maximum atomic E-state index is 13.1. The summed E-state index contributed by atoms with van der Waals surface area (Å²) < 4.78 is 13.1. The van der Waals surface area contributed by atoms with Crippen LogP contribution in [0.2, 0.25) is 5.02 Å². The minimum absolute atomic E-state index is 0.0352. The van der Waals surface area contributed by atoms with Gasteiger partial charge in [-0.05, 0) is 36.4 Å². The van der Waals surface area contributed by atoms with Crippen LogP contribution < -0.4 is 5.32 Å². The molecule has 19 heavy (non-hydrogen) atoms. The summed E-state index contributed by atoms with van der Waals surface area (Å²) in [6, 6.07) is 10.4. The van der Waals surface area contributed by atoms with E-state index in [1.165, 1.54) is 12.1 Å². The number of rotatable bonds is 5. The topological polar surface area (TPSA) is 24.9 Å². The molecule has 0 aliphatic heterocycles. The van der Waals surface area contributed by atoms with Crippen molar-refractivity contribution in [3.05, 3.63) is 64.7 Å². The Bertz CT molecular complexity index is 531. The van der Waals surface area contributed by atoms with Crippen molar-refractivity contribution >= 4 is 11.6 Å². The van der Waals surface area contributed by atoms with Crippen molar-refractivity contribution in [2.75, 3.05) is 6.54 Å². The average molecular weight is 279 g/mol. The Morgan fingerprint density at radius 1 is 1.32 bits per heavy atom. The van der Waals surface area contributed by atoms with Gasteiger partial charge in [-0.25, -0.2) is 4.39 Å². The van der Waals surface area contributed by atoms with E-state index in [9.17, 15) is 4.39 Å². The molecule has 0 aliphatic carbocycles. The zero-order valence-corrected chi connectivity index (χ0v) is 11.5. The van der Waals surface area contributed by atoms with E-state index >= 15 is 0 Å².